The Morgan fingerprint density at radius 2 is 1.71 bits per heavy atom. The van der Waals surface area contributed by atoms with Crippen molar-refractivity contribution in [3.63, 3.8) is 0 Å². The van der Waals surface area contributed by atoms with Crippen LogP contribution in [0.5, 0.6) is 0 Å². The first-order chi connectivity index (χ1) is 11.7. The SMILES string of the molecule is O=C(NC1CCC2(CCCCC2)CC1)N(CCO)C1CCOCC1. The molecule has 0 radical (unpaired) electrons. The van der Waals surface area contributed by atoms with Crippen LogP contribution < -0.4 is 5.32 Å². The van der Waals surface area contributed by atoms with Gasteiger partial charge in [0.15, 0.2) is 0 Å². The Kier molecular flexibility index (Phi) is 6.39. The number of hydrogen-bond acceptors (Lipinski definition) is 3. The lowest BCUT2D eigenvalue weighted by molar-refractivity contribution is 0.0395. The van der Waals surface area contributed by atoms with E-state index in [1.165, 1.54) is 44.9 Å². The molecule has 1 saturated heterocycles. The van der Waals surface area contributed by atoms with Gasteiger partial charge in [-0.15, -0.1) is 0 Å². The monoisotopic (exact) mass is 338 g/mol. The lowest BCUT2D eigenvalue weighted by Gasteiger charge is -2.43. The number of urea groups is 1. The predicted molar refractivity (Wildman–Crippen MR) is 93.9 cm³/mol. The Balaban J connectivity index is 1.49. The molecule has 2 N–H and O–H groups in total. The average molecular weight is 338 g/mol. The number of nitrogens with zero attached hydrogens (tertiary/aromatic N) is 1. The van der Waals surface area contributed by atoms with Crippen molar-refractivity contribution in [2.24, 2.45) is 5.41 Å². The van der Waals surface area contributed by atoms with Crippen molar-refractivity contribution in [1.82, 2.24) is 10.2 Å². The lowest BCUT2D eigenvalue weighted by atomic mass is 9.64. The maximum absolute atomic E-state index is 12.7. The minimum atomic E-state index is 0.0144. The molecule has 3 fully saturated rings. The van der Waals surface area contributed by atoms with Crippen LogP contribution >= 0.6 is 0 Å². The molecule has 0 aromatic rings. The fourth-order valence-corrected chi connectivity index (χ4v) is 4.99. The van der Waals surface area contributed by atoms with Gasteiger partial charge in [-0.1, -0.05) is 19.3 Å². The van der Waals surface area contributed by atoms with E-state index in [1.54, 1.807) is 0 Å². The number of carbonyl (C=O) groups is 1. The number of nitrogens with one attached hydrogen (secondary N) is 1. The Hall–Kier alpha value is -0.810. The van der Waals surface area contributed by atoms with E-state index in [4.69, 9.17) is 4.74 Å². The summed E-state index contributed by atoms with van der Waals surface area (Å²) in [5.41, 5.74) is 0.588. The maximum Gasteiger partial charge on any atom is 0.317 e. The predicted octanol–water partition coefficient (Wildman–Crippen LogP) is 3.06. The van der Waals surface area contributed by atoms with Gasteiger partial charge in [-0.05, 0) is 56.8 Å². The number of aliphatic hydroxyl groups is 1. The quantitative estimate of drug-likeness (QED) is 0.828. The fourth-order valence-electron chi connectivity index (χ4n) is 4.99. The highest BCUT2D eigenvalue weighted by molar-refractivity contribution is 5.75. The van der Waals surface area contributed by atoms with Gasteiger partial charge < -0.3 is 20.1 Å². The van der Waals surface area contributed by atoms with Crippen LogP contribution in [0.3, 0.4) is 0 Å². The van der Waals surface area contributed by atoms with Crippen LogP contribution in [-0.4, -0.2) is 54.5 Å². The molecule has 0 bridgehead atoms. The summed E-state index contributed by atoms with van der Waals surface area (Å²) in [6, 6.07) is 0.533. The normalized spacial score (nSPS) is 25.5. The summed E-state index contributed by atoms with van der Waals surface area (Å²) in [7, 11) is 0. The van der Waals surface area contributed by atoms with E-state index in [0.29, 0.717) is 31.2 Å². The molecule has 24 heavy (non-hydrogen) atoms. The summed E-state index contributed by atoms with van der Waals surface area (Å²) in [4.78, 5) is 14.6. The van der Waals surface area contributed by atoms with E-state index in [-0.39, 0.29) is 18.7 Å². The van der Waals surface area contributed by atoms with Gasteiger partial charge in [0.2, 0.25) is 0 Å². The first kappa shape index (κ1) is 18.0. The smallest absolute Gasteiger partial charge is 0.317 e. The van der Waals surface area contributed by atoms with Gasteiger partial charge in [0.05, 0.1) is 6.61 Å². The molecule has 138 valence electrons. The summed E-state index contributed by atoms with van der Waals surface area (Å²) in [5, 5.41) is 12.6. The van der Waals surface area contributed by atoms with Crippen molar-refractivity contribution in [3.05, 3.63) is 0 Å². The molecular weight excluding hydrogens is 304 g/mol. The van der Waals surface area contributed by atoms with Crippen LogP contribution in [0.15, 0.2) is 0 Å². The minimum Gasteiger partial charge on any atom is -0.395 e. The van der Waals surface area contributed by atoms with Crippen molar-refractivity contribution in [1.29, 1.82) is 0 Å². The standard InChI is InChI=1S/C19H34N2O3/c22-13-12-21(17-6-14-24-15-7-17)18(23)20-16-4-10-19(11-5-16)8-2-1-3-9-19/h16-17,22H,1-15H2,(H,20,23). The molecular formula is C19H34N2O3. The number of aliphatic hydroxyl groups excluding tert-OH is 1. The second kappa shape index (κ2) is 8.52. The third-order valence-electron chi connectivity index (χ3n) is 6.52. The molecule has 0 aromatic heterocycles. The Labute approximate surface area is 146 Å². The van der Waals surface area contributed by atoms with E-state index in [1.807, 2.05) is 4.90 Å². The van der Waals surface area contributed by atoms with Crippen molar-refractivity contribution in [2.45, 2.75) is 82.7 Å². The highest BCUT2D eigenvalue weighted by Crippen LogP contribution is 2.47. The topological polar surface area (TPSA) is 61.8 Å². The molecule has 3 aliphatic rings. The minimum absolute atomic E-state index is 0.0144. The van der Waals surface area contributed by atoms with Gasteiger partial charge in [0.1, 0.15) is 0 Å². The van der Waals surface area contributed by atoms with Crippen molar-refractivity contribution in [2.75, 3.05) is 26.4 Å². The van der Waals surface area contributed by atoms with Crippen LogP contribution in [0.1, 0.15) is 70.6 Å². The number of ether oxygens (including phenoxy) is 1. The molecule has 1 spiro atoms. The van der Waals surface area contributed by atoms with Crippen molar-refractivity contribution < 1.29 is 14.6 Å². The number of carbonyl (C=O) groups excluding carboxylic acids is 1. The zero-order valence-corrected chi connectivity index (χ0v) is 15.0. The highest BCUT2D eigenvalue weighted by atomic mass is 16.5. The summed E-state index contributed by atoms with van der Waals surface area (Å²) in [6.07, 6.45) is 13.5. The molecule has 2 amide bonds. The molecule has 1 heterocycles. The molecule has 5 nitrogen and oxygen atoms in total. The number of hydrogen-bond donors (Lipinski definition) is 2. The number of rotatable bonds is 4. The lowest BCUT2D eigenvalue weighted by Crippen LogP contribution is -2.52. The highest BCUT2D eigenvalue weighted by Gasteiger charge is 2.37. The van der Waals surface area contributed by atoms with E-state index < -0.39 is 0 Å². The molecule has 0 aromatic carbocycles. The molecule has 0 atom stereocenters. The van der Waals surface area contributed by atoms with Gasteiger partial charge >= 0.3 is 6.03 Å². The second-order valence-corrected chi connectivity index (χ2v) is 8.04. The fraction of sp³-hybridized carbons (Fsp3) is 0.947. The van der Waals surface area contributed by atoms with E-state index in [0.717, 1.165) is 25.7 Å². The van der Waals surface area contributed by atoms with Gasteiger partial charge in [0, 0.05) is 31.8 Å². The van der Waals surface area contributed by atoms with Gasteiger partial charge in [-0.25, -0.2) is 4.79 Å². The van der Waals surface area contributed by atoms with Crippen molar-refractivity contribution >= 4 is 6.03 Å². The first-order valence-corrected chi connectivity index (χ1v) is 9.98. The third kappa shape index (κ3) is 4.42. The van der Waals surface area contributed by atoms with E-state index in [2.05, 4.69) is 5.32 Å². The Bertz CT molecular complexity index is 393. The molecule has 1 aliphatic heterocycles. The summed E-state index contributed by atoms with van der Waals surface area (Å²) >= 11 is 0. The first-order valence-electron chi connectivity index (χ1n) is 9.98. The molecule has 3 rings (SSSR count). The largest absolute Gasteiger partial charge is 0.395 e. The Morgan fingerprint density at radius 1 is 1.04 bits per heavy atom. The van der Waals surface area contributed by atoms with Crippen LogP contribution in [0.4, 0.5) is 4.79 Å². The van der Waals surface area contributed by atoms with E-state index in [9.17, 15) is 9.90 Å². The van der Waals surface area contributed by atoms with Gasteiger partial charge in [0.25, 0.3) is 0 Å². The van der Waals surface area contributed by atoms with Crippen molar-refractivity contribution in [3.8, 4) is 0 Å². The van der Waals surface area contributed by atoms with Gasteiger partial charge in [-0.3, -0.25) is 0 Å². The molecule has 2 saturated carbocycles. The average Bonchev–Trinajstić information content (AvgIpc) is 2.63. The van der Waals surface area contributed by atoms with Crippen LogP contribution in [0.25, 0.3) is 0 Å². The molecule has 0 unspecified atom stereocenters. The molecule has 2 aliphatic carbocycles. The third-order valence-corrected chi connectivity index (χ3v) is 6.52. The van der Waals surface area contributed by atoms with E-state index >= 15 is 0 Å². The zero-order chi connectivity index (χ0) is 16.8. The van der Waals surface area contributed by atoms with Gasteiger partial charge in [-0.2, -0.15) is 0 Å². The summed E-state index contributed by atoms with van der Waals surface area (Å²) in [6.45, 7) is 1.88. The van der Waals surface area contributed by atoms with Crippen LogP contribution in [0.2, 0.25) is 0 Å². The summed E-state index contributed by atoms with van der Waals surface area (Å²) in [5.74, 6) is 0. The summed E-state index contributed by atoms with van der Waals surface area (Å²) < 4.78 is 5.40. The molecule has 5 heteroatoms. The zero-order valence-electron chi connectivity index (χ0n) is 15.0. The maximum atomic E-state index is 12.7. The van der Waals surface area contributed by atoms with Crippen LogP contribution in [0, 0.1) is 5.41 Å². The van der Waals surface area contributed by atoms with Crippen LogP contribution in [-0.2, 0) is 4.74 Å². The number of amides is 2. The Morgan fingerprint density at radius 3 is 2.33 bits per heavy atom. The second-order valence-electron chi connectivity index (χ2n) is 8.04.